The Balaban J connectivity index is 2.07. The van der Waals surface area contributed by atoms with Gasteiger partial charge in [-0.05, 0) is 12.8 Å². The molecular formula is C12H14Cl2N2O. The van der Waals surface area contributed by atoms with Crippen LogP contribution in [0.3, 0.4) is 0 Å². The molecule has 1 saturated carbocycles. The van der Waals surface area contributed by atoms with E-state index in [2.05, 4.69) is 9.97 Å². The molecule has 1 aromatic heterocycles. The van der Waals surface area contributed by atoms with E-state index in [1.54, 1.807) is 0 Å². The van der Waals surface area contributed by atoms with Crippen LogP contribution < -0.4 is 0 Å². The molecular weight excluding hydrogens is 259 g/mol. The maximum absolute atomic E-state index is 12.1. The standard InChI is InChI=1S/C12H14Cl2N2O/c13-11-9(12(14)16-7-15-11)6-10(17)8-4-2-1-3-5-8/h7-8H,1-6H2. The second-order valence-electron chi connectivity index (χ2n) is 4.41. The molecule has 0 spiro atoms. The maximum atomic E-state index is 12.1. The first-order valence-corrected chi connectivity index (χ1v) is 6.61. The molecule has 17 heavy (non-hydrogen) atoms. The minimum atomic E-state index is 0.163. The van der Waals surface area contributed by atoms with Crippen molar-refractivity contribution in [1.29, 1.82) is 0 Å². The molecule has 1 fully saturated rings. The third kappa shape index (κ3) is 3.17. The van der Waals surface area contributed by atoms with Crippen molar-refractivity contribution in [2.75, 3.05) is 0 Å². The zero-order chi connectivity index (χ0) is 12.3. The highest BCUT2D eigenvalue weighted by Crippen LogP contribution is 2.27. The second kappa shape index (κ2) is 5.78. The van der Waals surface area contributed by atoms with E-state index < -0.39 is 0 Å². The molecule has 1 aliphatic rings. The fraction of sp³-hybridized carbons (Fsp3) is 0.583. The Bertz CT molecular complexity index is 397. The summed E-state index contributed by atoms with van der Waals surface area (Å²) in [5, 5.41) is 0.573. The van der Waals surface area contributed by atoms with E-state index in [9.17, 15) is 4.79 Å². The van der Waals surface area contributed by atoms with E-state index >= 15 is 0 Å². The van der Waals surface area contributed by atoms with Crippen LogP contribution in [0.25, 0.3) is 0 Å². The molecule has 0 N–H and O–H groups in total. The van der Waals surface area contributed by atoms with Gasteiger partial charge in [0.15, 0.2) is 0 Å². The number of nitrogens with zero attached hydrogens (tertiary/aromatic N) is 2. The van der Waals surface area contributed by atoms with E-state index in [0.717, 1.165) is 25.7 Å². The maximum Gasteiger partial charge on any atom is 0.140 e. The Hall–Kier alpha value is -0.670. The molecule has 0 unspecified atom stereocenters. The van der Waals surface area contributed by atoms with Gasteiger partial charge in [0.05, 0.1) is 0 Å². The SMILES string of the molecule is O=C(Cc1c(Cl)ncnc1Cl)C1CCCCC1. The lowest BCUT2D eigenvalue weighted by atomic mass is 9.84. The minimum absolute atomic E-state index is 0.163. The van der Waals surface area contributed by atoms with Crippen molar-refractivity contribution >= 4 is 29.0 Å². The van der Waals surface area contributed by atoms with Crippen LogP contribution in [0.5, 0.6) is 0 Å². The number of ketones is 1. The molecule has 1 heterocycles. The van der Waals surface area contributed by atoms with Gasteiger partial charge in [-0.1, -0.05) is 42.5 Å². The van der Waals surface area contributed by atoms with Gasteiger partial charge in [-0.25, -0.2) is 9.97 Å². The highest BCUT2D eigenvalue weighted by Gasteiger charge is 2.23. The van der Waals surface area contributed by atoms with Crippen molar-refractivity contribution in [3.63, 3.8) is 0 Å². The van der Waals surface area contributed by atoms with E-state index in [1.807, 2.05) is 0 Å². The lowest BCUT2D eigenvalue weighted by molar-refractivity contribution is -0.123. The second-order valence-corrected chi connectivity index (χ2v) is 5.13. The molecule has 1 aromatic rings. The molecule has 1 aliphatic carbocycles. The van der Waals surface area contributed by atoms with Crippen LogP contribution in [-0.2, 0) is 11.2 Å². The van der Waals surface area contributed by atoms with Crippen LogP contribution >= 0.6 is 23.2 Å². The average molecular weight is 273 g/mol. The van der Waals surface area contributed by atoms with Gasteiger partial charge in [-0.15, -0.1) is 0 Å². The highest BCUT2D eigenvalue weighted by atomic mass is 35.5. The zero-order valence-corrected chi connectivity index (χ0v) is 11.0. The first kappa shape index (κ1) is 12.8. The highest BCUT2D eigenvalue weighted by molar-refractivity contribution is 6.34. The van der Waals surface area contributed by atoms with Crippen LogP contribution in [0.4, 0.5) is 0 Å². The predicted molar refractivity (Wildman–Crippen MR) is 67.3 cm³/mol. The molecule has 0 amide bonds. The van der Waals surface area contributed by atoms with Gasteiger partial charge in [0, 0.05) is 17.9 Å². The van der Waals surface area contributed by atoms with E-state index in [4.69, 9.17) is 23.2 Å². The number of aromatic nitrogens is 2. The van der Waals surface area contributed by atoms with Crippen molar-refractivity contribution < 1.29 is 4.79 Å². The summed E-state index contributed by atoms with van der Waals surface area (Å²) in [7, 11) is 0. The monoisotopic (exact) mass is 272 g/mol. The largest absolute Gasteiger partial charge is 0.299 e. The molecule has 5 heteroatoms. The summed E-state index contributed by atoms with van der Waals surface area (Å²) in [5.74, 6) is 0.374. The molecule has 3 nitrogen and oxygen atoms in total. The van der Waals surface area contributed by atoms with Crippen molar-refractivity contribution in [3.8, 4) is 0 Å². The van der Waals surface area contributed by atoms with Crippen molar-refractivity contribution in [1.82, 2.24) is 9.97 Å². The van der Waals surface area contributed by atoms with Gasteiger partial charge in [0.2, 0.25) is 0 Å². The third-order valence-corrected chi connectivity index (χ3v) is 3.90. The molecule has 0 bridgehead atoms. The van der Waals surface area contributed by atoms with E-state index in [1.165, 1.54) is 12.7 Å². The lowest BCUT2D eigenvalue weighted by Crippen LogP contribution is -2.20. The van der Waals surface area contributed by atoms with Gasteiger partial charge >= 0.3 is 0 Å². The minimum Gasteiger partial charge on any atom is -0.299 e. The first-order chi connectivity index (χ1) is 8.18. The number of rotatable bonds is 3. The summed E-state index contributed by atoms with van der Waals surface area (Å²) in [6, 6.07) is 0. The Morgan fingerprint density at radius 3 is 2.35 bits per heavy atom. The fourth-order valence-electron chi connectivity index (χ4n) is 2.26. The zero-order valence-electron chi connectivity index (χ0n) is 9.46. The van der Waals surface area contributed by atoms with E-state index in [-0.39, 0.29) is 28.4 Å². The molecule has 0 aliphatic heterocycles. The molecule has 0 atom stereocenters. The number of hydrogen-bond acceptors (Lipinski definition) is 3. The molecule has 0 aromatic carbocycles. The Morgan fingerprint density at radius 1 is 1.18 bits per heavy atom. The van der Waals surface area contributed by atoms with Gasteiger partial charge in [-0.3, -0.25) is 4.79 Å². The van der Waals surface area contributed by atoms with Crippen LogP contribution in [0.1, 0.15) is 37.7 Å². The number of carbonyl (C=O) groups is 1. The quantitative estimate of drug-likeness (QED) is 0.792. The molecule has 0 radical (unpaired) electrons. The van der Waals surface area contributed by atoms with Crippen molar-refractivity contribution in [2.45, 2.75) is 38.5 Å². The van der Waals surface area contributed by atoms with Crippen LogP contribution in [0.2, 0.25) is 10.3 Å². The number of Topliss-reactive ketones (excluding diaryl/α,β-unsaturated/α-hetero) is 1. The molecule has 92 valence electrons. The topological polar surface area (TPSA) is 42.9 Å². The molecule has 0 saturated heterocycles. The normalized spacial score (nSPS) is 17.1. The average Bonchev–Trinajstić information content (AvgIpc) is 2.35. The summed E-state index contributed by atoms with van der Waals surface area (Å²) >= 11 is 11.8. The summed E-state index contributed by atoms with van der Waals surface area (Å²) in [6.07, 6.45) is 7.05. The van der Waals surface area contributed by atoms with Crippen LogP contribution in [-0.4, -0.2) is 15.8 Å². The first-order valence-electron chi connectivity index (χ1n) is 5.86. The Labute approximate surface area is 111 Å². The van der Waals surface area contributed by atoms with Crippen molar-refractivity contribution in [3.05, 3.63) is 22.2 Å². The summed E-state index contributed by atoms with van der Waals surface area (Å²) in [4.78, 5) is 19.8. The van der Waals surface area contributed by atoms with E-state index in [0.29, 0.717) is 5.56 Å². The summed E-state index contributed by atoms with van der Waals surface area (Å²) < 4.78 is 0. The van der Waals surface area contributed by atoms with Gasteiger partial charge < -0.3 is 0 Å². The predicted octanol–water partition coefficient (Wildman–Crippen LogP) is 3.48. The number of carbonyl (C=O) groups excluding carboxylic acids is 1. The lowest BCUT2D eigenvalue weighted by Gasteiger charge is -2.20. The van der Waals surface area contributed by atoms with Crippen LogP contribution in [0, 0.1) is 5.92 Å². The summed E-state index contributed by atoms with van der Waals surface area (Å²) in [5.41, 5.74) is 0.561. The van der Waals surface area contributed by atoms with Gasteiger partial charge in [-0.2, -0.15) is 0 Å². The van der Waals surface area contributed by atoms with Crippen LogP contribution in [0.15, 0.2) is 6.33 Å². The van der Waals surface area contributed by atoms with Gasteiger partial charge in [0.25, 0.3) is 0 Å². The Morgan fingerprint density at radius 2 is 1.76 bits per heavy atom. The van der Waals surface area contributed by atoms with Gasteiger partial charge in [0.1, 0.15) is 22.4 Å². The Kier molecular flexibility index (Phi) is 4.35. The fourth-order valence-corrected chi connectivity index (χ4v) is 2.71. The third-order valence-electron chi connectivity index (χ3n) is 3.25. The number of halogens is 2. The smallest absolute Gasteiger partial charge is 0.140 e. The summed E-state index contributed by atoms with van der Waals surface area (Å²) in [6.45, 7) is 0. The van der Waals surface area contributed by atoms with Crippen molar-refractivity contribution in [2.24, 2.45) is 5.92 Å². The molecule has 2 rings (SSSR count). The number of hydrogen-bond donors (Lipinski definition) is 0.